The van der Waals surface area contributed by atoms with Crippen LogP contribution >= 0.6 is 0 Å². The van der Waals surface area contributed by atoms with E-state index in [1.807, 2.05) is 0 Å². The Morgan fingerprint density at radius 2 is 1.83 bits per heavy atom. The first-order chi connectivity index (χ1) is 8.69. The molecule has 0 bridgehead atoms. The molecule has 0 aromatic heterocycles. The number of halogens is 1. The number of phenols is 1. The SMILES string of the molecule is NCc1cc(F)ccc1OCc1ccc(O)cc1. The van der Waals surface area contributed by atoms with E-state index in [1.54, 1.807) is 30.3 Å². The molecule has 0 aliphatic carbocycles. The van der Waals surface area contributed by atoms with Gasteiger partial charge in [-0.15, -0.1) is 0 Å². The van der Waals surface area contributed by atoms with Crippen molar-refractivity contribution in [1.82, 2.24) is 0 Å². The Labute approximate surface area is 105 Å². The highest BCUT2D eigenvalue weighted by atomic mass is 19.1. The minimum atomic E-state index is -0.326. The lowest BCUT2D eigenvalue weighted by Crippen LogP contribution is -2.03. The molecule has 0 spiro atoms. The molecule has 0 amide bonds. The maximum Gasteiger partial charge on any atom is 0.124 e. The predicted molar refractivity (Wildman–Crippen MR) is 66.7 cm³/mol. The summed E-state index contributed by atoms with van der Waals surface area (Å²) in [6, 6.07) is 11.0. The van der Waals surface area contributed by atoms with E-state index in [0.717, 1.165) is 5.56 Å². The van der Waals surface area contributed by atoms with E-state index in [9.17, 15) is 4.39 Å². The fraction of sp³-hybridized carbons (Fsp3) is 0.143. The molecule has 4 heteroatoms. The van der Waals surface area contributed by atoms with E-state index in [0.29, 0.717) is 17.9 Å². The summed E-state index contributed by atoms with van der Waals surface area (Å²) in [6.45, 7) is 0.571. The Bertz CT molecular complexity index is 526. The Balaban J connectivity index is 2.08. The van der Waals surface area contributed by atoms with Gasteiger partial charge in [0, 0.05) is 12.1 Å². The van der Waals surface area contributed by atoms with Crippen molar-refractivity contribution < 1.29 is 14.2 Å². The van der Waals surface area contributed by atoms with E-state index in [-0.39, 0.29) is 18.1 Å². The first-order valence-electron chi connectivity index (χ1n) is 5.58. The molecule has 0 radical (unpaired) electrons. The van der Waals surface area contributed by atoms with Crippen LogP contribution in [0, 0.1) is 5.82 Å². The number of aromatic hydroxyl groups is 1. The Morgan fingerprint density at radius 1 is 1.11 bits per heavy atom. The second-order valence-electron chi connectivity index (χ2n) is 3.91. The first kappa shape index (κ1) is 12.4. The molecule has 0 heterocycles. The molecule has 0 unspecified atom stereocenters. The number of benzene rings is 2. The molecular formula is C14H14FNO2. The third kappa shape index (κ3) is 2.99. The van der Waals surface area contributed by atoms with E-state index in [1.165, 1.54) is 12.1 Å². The molecule has 3 N–H and O–H groups in total. The van der Waals surface area contributed by atoms with Gasteiger partial charge in [-0.1, -0.05) is 12.1 Å². The monoisotopic (exact) mass is 247 g/mol. The number of hydrogen-bond acceptors (Lipinski definition) is 3. The lowest BCUT2D eigenvalue weighted by molar-refractivity contribution is 0.302. The van der Waals surface area contributed by atoms with Crippen LogP contribution in [0.15, 0.2) is 42.5 Å². The lowest BCUT2D eigenvalue weighted by Gasteiger charge is -2.10. The van der Waals surface area contributed by atoms with Crippen molar-refractivity contribution in [3.05, 3.63) is 59.4 Å². The van der Waals surface area contributed by atoms with E-state index in [2.05, 4.69) is 0 Å². The van der Waals surface area contributed by atoms with Crippen molar-refractivity contribution in [2.45, 2.75) is 13.2 Å². The highest BCUT2D eigenvalue weighted by Crippen LogP contribution is 2.21. The van der Waals surface area contributed by atoms with Gasteiger partial charge in [-0.25, -0.2) is 4.39 Å². The third-order valence-electron chi connectivity index (χ3n) is 2.57. The zero-order chi connectivity index (χ0) is 13.0. The molecule has 18 heavy (non-hydrogen) atoms. The summed E-state index contributed by atoms with van der Waals surface area (Å²) in [4.78, 5) is 0. The van der Waals surface area contributed by atoms with Gasteiger partial charge in [-0.2, -0.15) is 0 Å². The van der Waals surface area contributed by atoms with Gasteiger partial charge in [-0.3, -0.25) is 0 Å². The fourth-order valence-electron chi connectivity index (χ4n) is 1.60. The maximum atomic E-state index is 13.0. The highest BCUT2D eigenvalue weighted by molar-refractivity contribution is 5.34. The number of phenolic OH excluding ortho intramolecular Hbond substituents is 1. The second-order valence-corrected chi connectivity index (χ2v) is 3.91. The summed E-state index contributed by atoms with van der Waals surface area (Å²) < 4.78 is 18.6. The fourth-order valence-corrected chi connectivity index (χ4v) is 1.60. The number of nitrogens with two attached hydrogens (primary N) is 1. The minimum absolute atomic E-state index is 0.211. The summed E-state index contributed by atoms with van der Waals surface area (Å²) in [6.07, 6.45) is 0. The van der Waals surface area contributed by atoms with Gasteiger partial charge < -0.3 is 15.6 Å². The average Bonchev–Trinajstić information content (AvgIpc) is 2.39. The molecule has 0 atom stereocenters. The highest BCUT2D eigenvalue weighted by Gasteiger charge is 2.04. The summed E-state index contributed by atoms with van der Waals surface area (Å²) in [5.41, 5.74) is 7.08. The van der Waals surface area contributed by atoms with Crippen molar-refractivity contribution in [3.8, 4) is 11.5 Å². The van der Waals surface area contributed by atoms with Gasteiger partial charge in [0.25, 0.3) is 0 Å². The van der Waals surface area contributed by atoms with Gasteiger partial charge >= 0.3 is 0 Å². The number of ether oxygens (including phenoxy) is 1. The molecular weight excluding hydrogens is 233 g/mol. The Kier molecular flexibility index (Phi) is 3.79. The van der Waals surface area contributed by atoms with Crippen LogP contribution in [-0.2, 0) is 13.2 Å². The molecule has 0 saturated heterocycles. The van der Waals surface area contributed by atoms with E-state index < -0.39 is 0 Å². The number of hydrogen-bond donors (Lipinski definition) is 2. The van der Waals surface area contributed by atoms with E-state index in [4.69, 9.17) is 15.6 Å². The Morgan fingerprint density at radius 3 is 2.50 bits per heavy atom. The van der Waals surface area contributed by atoms with Crippen LogP contribution in [0.1, 0.15) is 11.1 Å². The number of rotatable bonds is 4. The van der Waals surface area contributed by atoms with Gasteiger partial charge in [0.1, 0.15) is 23.9 Å². The van der Waals surface area contributed by atoms with Crippen LogP contribution < -0.4 is 10.5 Å². The first-order valence-corrected chi connectivity index (χ1v) is 5.58. The van der Waals surface area contributed by atoms with Crippen LogP contribution in [-0.4, -0.2) is 5.11 Å². The van der Waals surface area contributed by atoms with Crippen LogP contribution in [0.3, 0.4) is 0 Å². The summed E-state index contributed by atoms with van der Waals surface area (Å²) >= 11 is 0. The molecule has 0 fully saturated rings. The molecule has 2 aromatic rings. The van der Waals surface area contributed by atoms with Crippen molar-refractivity contribution in [2.24, 2.45) is 5.73 Å². The van der Waals surface area contributed by atoms with Crippen molar-refractivity contribution >= 4 is 0 Å². The van der Waals surface area contributed by atoms with Crippen molar-refractivity contribution in [1.29, 1.82) is 0 Å². The predicted octanol–water partition coefficient (Wildman–Crippen LogP) is 2.57. The van der Waals surface area contributed by atoms with Crippen LogP contribution in [0.2, 0.25) is 0 Å². The minimum Gasteiger partial charge on any atom is -0.508 e. The van der Waals surface area contributed by atoms with Crippen LogP contribution in [0.5, 0.6) is 11.5 Å². The van der Waals surface area contributed by atoms with E-state index >= 15 is 0 Å². The van der Waals surface area contributed by atoms with Gasteiger partial charge in [-0.05, 0) is 35.9 Å². The van der Waals surface area contributed by atoms with Crippen molar-refractivity contribution in [2.75, 3.05) is 0 Å². The molecule has 94 valence electrons. The van der Waals surface area contributed by atoms with Crippen molar-refractivity contribution in [3.63, 3.8) is 0 Å². The topological polar surface area (TPSA) is 55.5 Å². The van der Waals surface area contributed by atoms with Gasteiger partial charge in [0.2, 0.25) is 0 Å². The lowest BCUT2D eigenvalue weighted by atomic mass is 10.2. The molecule has 0 aliphatic heterocycles. The molecule has 0 aliphatic rings. The molecule has 3 nitrogen and oxygen atoms in total. The average molecular weight is 247 g/mol. The molecule has 0 saturated carbocycles. The zero-order valence-electron chi connectivity index (χ0n) is 9.77. The summed E-state index contributed by atoms with van der Waals surface area (Å²) in [5, 5.41) is 9.16. The van der Waals surface area contributed by atoms with Gasteiger partial charge in [0.15, 0.2) is 0 Å². The largest absolute Gasteiger partial charge is 0.508 e. The quantitative estimate of drug-likeness (QED) is 0.873. The van der Waals surface area contributed by atoms with Crippen LogP contribution in [0.4, 0.5) is 4.39 Å². The maximum absolute atomic E-state index is 13.0. The second kappa shape index (κ2) is 5.51. The standard InChI is InChI=1S/C14H14FNO2/c15-12-3-6-14(11(7-12)8-16)18-9-10-1-4-13(17)5-2-10/h1-7,17H,8-9,16H2. The smallest absolute Gasteiger partial charge is 0.124 e. The molecule has 2 rings (SSSR count). The summed E-state index contributed by atoms with van der Waals surface area (Å²) in [7, 11) is 0. The van der Waals surface area contributed by atoms with Crippen LogP contribution in [0.25, 0.3) is 0 Å². The van der Waals surface area contributed by atoms with Gasteiger partial charge in [0.05, 0.1) is 0 Å². The third-order valence-corrected chi connectivity index (χ3v) is 2.57. The summed E-state index contributed by atoms with van der Waals surface area (Å²) in [5.74, 6) is 0.461. The Hall–Kier alpha value is -2.07. The normalized spacial score (nSPS) is 10.3. The molecule has 2 aromatic carbocycles. The zero-order valence-corrected chi connectivity index (χ0v) is 9.77.